The zero-order chi connectivity index (χ0) is 12.6. The Hall–Kier alpha value is -1.23. The van der Waals surface area contributed by atoms with Gasteiger partial charge < -0.3 is 10.1 Å². The molecule has 1 aliphatic rings. The summed E-state index contributed by atoms with van der Waals surface area (Å²) in [6.45, 7) is 5.87. The average Bonchev–Trinajstić information content (AvgIpc) is 2.45. The molecule has 2 rings (SSSR count). The first kappa shape index (κ1) is 13.2. The molecule has 1 aromatic rings. The lowest BCUT2D eigenvalue weighted by atomic mass is 10.1. The predicted molar refractivity (Wildman–Crippen MR) is 70.9 cm³/mol. The Balaban J connectivity index is 1.62. The van der Waals surface area contributed by atoms with Crippen molar-refractivity contribution in [1.29, 1.82) is 0 Å². The normalized spacial score (nSPS) is 16.7. The molecule has 0 radical (unpaired) electrons. The molecule has 1 N–H and O–H groups in total. The second-order valence-electron chi connectivity index (χ2n) is 4.42. The molecule has 4 heteroatoms. The fraction of sp³-hybridized carbons (Fsp3) is 0.500. The summed E-state index contributed by atoms with van der Waals surface area (Å²) in [6.07, 6.45) is 0. The van der Waals surface area contributed by atoms with E-state index >= 15 is 0 Å². The maximum absolute atomic E-state index is 11.8. The molecule has 0 aromatic heterocycles. The van der Waals surface area contributed by atoms with Crippen molar-refractivity contribution in [3.8, 4) is 0 Å². The zero-order valence-electron chi connectivity index (χ0n) is 10.6. The van der Waals surface area contributed by atoms with Gasteiger partial charge in [0.1, 0.15) is 0 Å². The molecule has 0 amide bonds. The van der Waals surface area contributed by atoms with Crippen molar-refractivity contribution in [3.63, 3.8) is 0 Å². The van der Waals surface area contributed by atoms with Gasteiger partial charge in [-0.3, -0.25) is 9.69 Å². The van der Waals surface area contributed by atoms with Gasteiger partial charge in [0.05, 0.1) is 19.8 Å². The lowest BCUT2D eigenvalue weighted by Crippen LogP contribution is -2.41. The third kappa shape index (κ3) is 4.22. The Morgan fingerprint density at radius 3 is 2.67 bits per heavy atom. The van der Waals surface area contributed by atoms with Gasteiger partial charge in [-0.25, -0.2) is 0 Å². The van der Waals surface area contributed by atoms with Gasteiger partial charge in [0, 0.05) is 31.7 Å². The minimum Gasteiger partial charge on any atom is -0.379 e. The van der Waals surface area contributed by atoms with Crippen molar-refractivity contribution in [2.75, 3.05) is 45.9 Å². The van der Waals surface area contributed by atoms with E-state index in [1.807, 2.05) is 30.3 Å². The molecule has 1 saturated heterocycles. The van der Waals surface area contributed by atoms with Crippen molar-refractivity contribution in [1.82, 2.24) is 10.2 Å². The number of nitrogens with zero attached hydrogens (tertiary/aromatic N) is 1. The molecule has 18 heavy (non-hydrogen) atoms. The second-order valence-corrected chi connectivity index (χ2v) is 4.42. The van der Waals surface area contributed by atoms with E-state index in [1.54, 1.807) is 0 Å². The average molecular weight is 248 g/mol. The second kappa shape index (κ2) is 7.26. The Kier molecular flexibility index (Phi) is 5.33. The summed E-state index contributed by atoms with van der Waals surface area (Å²) in [5.74, 6) is 0.151. The summed E-state index contributed by atoms with van der Waals surface area (Å²) in [7, 11) is 0. The van der Waals surface area contributed by atoms with Crippen molar-refractivity contribution in [3.05, 3.63) is 35.9 Å². The first-order chi connectivity index (χ1) is 8.86. The van der Waals surface area contributed by atoms with Gasteiger partial charge in [-0.2, -0.15) is 0 Å². The third-order valence-electron chi connectivity index (χ3n) is 3.09. The number of rotatable bonds is 6. The summed E-state index contributed by atoms with van der Waals surface area (Å²) in [5.41, 5.74) is 0.774. The number of nitrogens with one attached hydrogen (secondary N) is 1. The predicted octanol–water partition coefficient (Wildman–Crippen LogP) is 0.791. The number of ether oxygens (including phenoxy) is 1. The van der Waals surface area contributed by atoms with Gasteiger partial charge in [-0.05, 0) is 0 Å². The number of Topliss-reactive ketones (excluding diaryl/α,β-unsaturated/α-hetero) is 1. The Morgan fingerprint density at radius 2 is 1.94 bits per heavy atom. The van der Waals surface area contributed by atoms with Crippen LogP contribution in [0.2, 0.25) is 0 Å². The number of ketones is 1. The van der Waals surface area contributed by atoms with Crippen LogP contribution in [0.15, 0.2) is 30.3 Å². The van der Waals surface area contributed by atoms with Crippen LogP contribution in [0.1, 0.15) is 10.4 Å². The van der Waals surface area contributed by atoms with Gasteiger partial charge in [0.2, 0.25) is 0 Å². The van der Waals surface area contributed by atoms with Crippen LogP contribution in [0.5, 0.6) is 0 Å². The minimum atomic E-state index is 0.151. The molecular weight excluding hydrogens is 228 g/mol. The van der Waals surface area contributed by atoms with Crippen molar-refractivity contribution < 1.29 is 9.53 Å². The number of hydrogen-bond acceptors (Lipinski definition) is 4. The van der Waals surface area contributed by atoms with E-state index in [1.165, 1.54) is 0 Å². The molecule has 0 bridgehead atoms. The first-order valence-electron chi connectivity index (χ1n) is 6.45. The zero-order valence-corrected chi connectivity index (χ0v) is 10.6. The maximum atomic E-state index is 11.8. The van der Waals surface area contributed by atoms with Crippen LogP contribution in [0.4, 0.5) is 0 Å². The van der Waals surface area contributed by atoms with Crippen LogP contribution in [-0.4, -0.2) is 56.6 Å². The number of hydrogen-bond donors (Lipinski definition) is 1. The Morgan fingerprint density at radius 1 is 1.22 bits per heavy atom. The molecule has 0 unspecified atom stereocenters. The lowest BCUT2D eigenvalue weighted by molar-refractivity contribution is 0.0384. The van der Waals surface area contributed by atoms with Crippen LogP contribution in [0.3, 0.4) is 0 Å². The highest BCUT2D eigenvalue weighted by atomic mass is 16.5. The molecule has 1 aromatic carbocycles. The molecule has 0 saturated carbocycles. The van der Waals surface area contributed by atoms with E-state index in [0.29, 0.717) is 6.54 Å². The van der Waals surface area contributed by atoms with Crippen LogP contribution in [0, 0.1) is 0 Å². The SMILES string of the molecule is O=C(CNCCN1CCOCC1)c1ccccc1. The lowest BCUT2D eigenvalue weighted by Gasteiger charge is -2.26. The summed E-state index contributed by atoms with van der Waals surface area (Å²) in [6, 6.07) is 9.41. The fourth-order valence-electron chi connectivity index (χ4n) is 1.99. The number of carbonyl (C=O) groups excluding carboxylic acids is 1. The molecule has 1 aliphatic heterocycles. The maximum Gasteiger partial charge on any atom is 0.176 e. The molecule has 4 nitrogen and oxygen atoms in total. The third-order valence-corrected chi connectivity index (χ3v) is 3.09. The molecule has 1 heterocycles. The van der Waals surface area contributed by atoms with E-state index in [9.17, 15) is 4.79 Å². The number of carbonyl (C=O) groups is 1. The molecular formula is C14H20N2O2. The van der Waals surface area contributed by atoms with Crippen molar-refractivity contribution in [2.24, 2.45) is 0 Å². The summed E-state index contributed by atoms with van der Waals surface area (Å²) >= 11 is 0. The molecule has 98 valence electrons. The van der Waals surface area contributed by atoms with Gasteiger partial charge in [0.25, 0.3) is 0 Å². The van der Waals surface area contributed by atoms with Crippen LogP contribution in [0.25, 0.3) is 0 Å². The summed E-state index contributed by atoms with van der Waals surface area (Å²) in [4.78, 5) is 14.2. The smallest absolute Gasteiger partial charge is 0.176 e. The van der Waals surface area contributed by atoms with Crippen LogP contribution in [-0.2, 0) is 4.74 Å². The molecule has 1 fully saturated rings. The van der Waals surface area contributed by atoms with Gasteiger partial charge in [0.15, 0.2) is 5.78 Å². The molecule has 0 atom stereocenters. The Bertz CT molecular complexity index is 361. The molecule has 0 spiro atoms. The molecule has 0 aliphatic carbocycles. The summed E-state index contributed by atoms with van der Waals surface area (Å²) < 4.78 is 5.29. The topological polar surface area (TPSA) is 41.6 Å². The first-order valence-corrected chi connectivity index (χ1v) is 6.45. The highest BCUT2D eigenvalue weighted by Gasteiger charge is 2.09. The van der Waals surface area contributed by atoms with E-state index in [0.717, 1.165) is 45.0 Å². The van der Waals surface area contributed by atoms with E-state index in [4.69, 9.17) is 4.74 Å². The summed E-state index contributed by atoms with van der Waals surface area (Å²) in [5, 5.41) is 3.20. The van der Waals surface area contributed by atoms with Gasteiger partial charge >= 0.3 is 0 Å². The highest BCUT2D eigenvalue weighted by molar-refractivity contribution is 5.97. The minimum absolute atomic E-state index is 0.151. The van der Waals surface area contributed by atoms with Gasteiger partial charge in [-0.1, -0.05) is 30.3 Å². The van der Waals surface area contributed by atoms with Crippen LogP contribution >= 0.6 is 0 Å². The number of morpholine rings is 1. The van der Waals surface area contributed by atoms with E-state index in [-0.39, 0.29) is 5.78 Å². The van der Waals surface area contributed by atoms with Crippen molar-refractivity contribution in [2.45, 2.75) is 0 Å². The Labute approximate surface area is 108 Å². The van der Waals surface area contributed by atoms with E-state index < -0.39 is 0 Å². The highest BCUT2D eigenvalue weighted by Crippen LogP contribution is 1.99. The van der Waals surface area contributed by atoms with Gasteiger partial charge in [-0.15, -0.1) is 0 Å². The van der Waals surface area contributed by atoms with E-state index in [2.05, 4.69) is 10.2 Å². The standard InChI is InChI=1S/C14H20N2O2/c17-14(13-4-2-1-3-5-13)12-15-6-7-16-8-10-18-11-9-16/h1-5,15H,6-12H2. The monoisotopic (exact) mass is 248 g/mol. The van der Waals surface area contributed by atoms with Crippen LogP contribution < -0.4 is 5.32 Å². The fourth-order valence-corrected chi connectivity index (χ4v) is 1.99. The number of benzene rings is 1. The quantitative estimate of drug-likeness (QED) is 0.597. The largest absolute Gasteiger partial charge is 0.379 e. The van der Waals surface area contributed by atoms with Crippen molar-refractivity contribution >= 4 is 5.78 Å².